The summed E-state index contributed by atoms with van der Waals surface area (Å²) in [6, 6.07) is 4.12. The highest BCUT2D eigenvalue weighted by atomic mass is 16.5. The van der Waals surface area contributed by atoms with Crippen molar-refractivity contribution in [1.29, 1.82) is 0 Å². The third kappa shape index (κ3) is 5.79. The predicted octanol–water partition coefficient (Wildman–Crippen LogP) is 5.57. The SMILES string of the molecule is Cc1c(C(=O)NCC(C)(C)c2noc(=O)[nH]2)cc(-c2cc(C(C)(C)C)nc(C3(C)CC3)n2)n1CC1CCCCC1. The Balaban J connectivity index is 1.52. The van der Waals surface area contributed by atoms with Crippen LogP contribution in [0.15, 0.2) is 21.5 Å². The van der Waals surface area contributed by atoms with Crippen LogP contribution in [-0.2, 0) is 22.8 Å². The van der Waals surface area contributed by atoms with Crippen LogP contribution in [-0.4, -0.2) is 37.1 Å². The lowest BCUT2D eigenvalue weighted by Crippen LogP contribution is -2.37. The number of carbonyl (C=O) groups excluding carboxylic acids is 1. The molecule has 9 nitrogen and oxygen atoms in total. The molecule has 5 rings (SSSR count). The van der Waals surface area contributed by atoms with Gasteiger partial charge in [-0.15, -0.1) is 0 Å². The van der Waals surface area contributed by atoms with Gasteiger partial charge in [-0.3, -0.25) is 14.3 Å². The monoisotopic (exact) mass is 548 g/mol. The summed E-state index contributed by atoms with van der Waals surface area (Å²) >= 11 is 0. The van der Waals surface area contributed by atoms with E-state index in [0.29, 0.717) is 23.9 Å². The summed E-state index contributed by atoms with van der Waals surface area (Å²) < 4.78 is 7.00. The molecule has 0 atom stereocenters. The van der Waals surface area contributed by atoms with Gasteiger partial charge in [0.25, 0.3) is 5.91 Å². The molecular weight excluding hydrogens is 504 g/mol. The summed E-state index contributed by atoms with van der Waals surface area (Å²) in [5, 5.41) is 6.90. The van der Waals surface area contributed by atoms with Gasteiger partial charge in [-0.05, 0) is 50.7 Å². The molecule has 0 aliphatic heterocycles. The molecule has 0 bridgehead atoms. The summed E-state index contributed by atoms with van der Waals surface area (Å²) in [5.74, 6) is 1.14. The highest BCUT2D eigenvalue weighted by Crippen LogP contribution is 2.47. The molecule has 0 spiro atoms. The van der Waals surface area contributed by atoms with E-state index in [2.05, 4.69) is 58.3 Å². The van der Waals surface area contributed by atoms with Crippen LogP contribution in [0.2, 0.25) is 0 Å². The highest BCUT2D eigenvalue weighted by Gasteiger charge is 2.43. The Morgan fingerprint density at radius 3 is 2.42 bits per heavy atom. The van der Waals surface area contributed by atoms with Crippen molar-refractivity contribution in [1.82, 2.24) is 30.0 Å². The molecule has 216 valence electrons. The van der Waals surface area contributed by atoms with E-state index in [4.69, 9.17) is 9.97 Å². The second kappa shape index (κ2) is 10.3. The van der Waals surface area contributed by atoms with Crippen molar-refractivity contribution in [3.8, 4) is 11.4 Å². The van der Waals surface area contributed by atoms with E-state index >= 15 is 0 Å². The number of amides is 1. The molecule has 1 amide bonds. The Bertz CT molecular complexity index is 1420. The zero-order valence-electron chi connectivity index (χ0n) is 25.1. The van der Waals surface area contributed by atoms with Gasteiger partial charge in [-0.25, -0.2) is 14.8 Å². The van der Waals surface area contributed by atoms with Crippen molar-refractivity contribution < 1.29 is 9.32 Å². The molecule has 2 aliphatic rings. The molecule has 2 aliphatic carbocycles. The normalized spacial score (nSPS) is 17.7. The quantitative estimate of drug-likeness (QED) is 0.380. The van der Waals surface area contributed by atoms with Crippen molar-refractivity contribution in [2.45, 2.75) is 116 Å². The van der Waals surface area contributed by atoms with E-state index < -0.39 is 11.2 Å². The van der Waals surface area contributed by atoms with Gasteiger partial charge in [0.05, 0.1) is 22.6 Å². The number of rotatable bonds is 8. The standard InChI is InChI=1S/C31H44N6O3/c1-19-21(25(38)32-18-30(5,6)26-35-28(39)40-36-26)15-23(37(19)17-20-11-9-8-10-12-20)22-16-24(29(2,3)4)34-27(33-22)31(7)13-14-31/h15-16,20H,8-14,17-18H2,1-7H3,(H,32,38)(H,35,36,39). The largest absolute Gasteiger partial charge is 0.438 e. The van der Waals surface area contributed by atoms with Crippen LogP contribution < -0.4 is 11.1 Å². The van der Waals surface area contributed by atoms with Crippen LogP contribution in [0.1, 0.15) is 120 Å². The highest BCUT2D eigenvalue weighted by molar-refractivity contribution is 5.97. The number of H-pyrrole nitrogens is 1. The smallest absolute Gasteiger partial charge is 0.351 e. The first-order valence-electron chi connectivity index (χ1n) is 14.7. The van der Waals surface area contributed by atoms with Crippen molar-refractivity contribution >= 4 is 5.91 Å². The van der Waals surface area contributed by atoms with Crippen LogP contribution in [0.4, 0.5) is 0 Å². The van der Waals surface area contributed by atoms with Gasteiger partial charge in [-0.1, -0.05) is 66.0 Å². The van der Waals surface area contributed by atoms with Crippen LogP contribution in [0.25, 0.3) is 11.4 Å². The third-order valence-electron chi connectivity index (χ3n) is 8.85. The van der Waals surface area contributed by atoms with Gasteiger partial charge in [-0.2, -0.15) is 0 Å². The maximum atomic E-state index is 13.6. The lowest BCUT2D eigenvalue weighted by atomic mass is 9.89. The number of carbonyl (C=O) groups is 1. The third-order valence-corrected chi connectivity index (χ3v) is 8.85. The summed E-state index contributed by atoms with van der Waals surface area (Å²) in [7, 11) is 0. The molecule has 2 N–H and O–H groups in total. The fourth-order valence-corrected chi connectivity index (χ4v) is 5.60. The molecule has 9 heteroatoms. The van der Waals surface area contributed by atoms with Crippen molar-refractivity contribution in [3.63, 3.8) is 0 Å². The number of nitrogens with one attached hydrogen (secondary N) is 2. The Kier molecular flexibility index (Phi) is 7.29. The second-order valence-corrected chi connectivity index (χ2v) is 13.9. The van der Waals surface area contributed by atoms with E-state index in [1.807, 2.05) is 26.8 Å². The Hall–Kier alpha value is -3.23. The first-order valence-corrected chi connectivity index (χ1v) is 14.7. The first kappa shape index (κ1) is 28.3. The minimum absolute atomic E-state index is 0.0275. The van der Waals surface area contributed by atoms with Gasteiger partial charge in [0.2, 0.25) is 0 Å². The molecule has 0 aromatic carbocycles. The molecule has 3 heterocycles. The van der Waals surface area contributed by atoms with Crippen LogP contribution in [0.5, 0.6) is 0 Å². The van der Waals surface area contributed by atoms with Gasteiger partial charge in [0, 0.05) is 35.0 Å². The summed E-state index contributed by atoms with van der Waals surface area (Å²) in [6.07, 6.45) is 8.45. The van der Waals surface area contributed by atoms with E-state index in [1.54, 1.807) is 0 Å². The predicted molar refractivity (Wildman–Crippen MR) is 155 cm³/mol. The number of hydrogen-bond donors (Lipinski definition) is 2. The number of nitrogens with zero attached hydrogens (tertiary/aromatic N) is 4. The molecule has 2 saturated carbocycles. The van der Waals surface area contributed by atoms with E-state index in [0.717, 1.165) is 48.0 Å². The van der Waals surface area contributed by atoms with Crippen molar-refractivity contribution in [3.05, 3.63) is 51.3 Å². The van der Waals surface area contributed by atoms with Crippen LogP contribution in [0.3, 0.4) is 0 Å². The molecular formula is C31H44N6O3. The Morgan fingerprint density at radius 1 is 1.12 bits per heavy atom. The summed E-state index contributed by atoms with van der Waals surface area (Å²) in [5.41, 5.74) is 3.78. The average Bonchev–Trinajstić information content (AvgIpc) is 3.36. The van der Waals surface area contributed by atoms with Crippen molar-refractivity contribution in [2.24, 2.45) is 5.92 Å². The van der Waals surface area contributed by atoms with Gasteiger partial charge in [0.15, 0.2) is 5.82 Å². The van der Waals surface area contributed by atoms with Crippen LogP contribution in [0, 0.1) is 12.8 Å². The van der Waals surface area contributed by atoms with E-state index in [1.165, 1.54) is 32.1 Å². The average molecular weight is 549 g/mol. The number of aromatic amines is 1. The van der Waals surface area contributed by atoms with E-state index in [9.17, 15) is 9.59 Å². The van der Waals surface area contributed by atoms with Crippen molar-refractivity contribution in [2.75, 3.05) is 6.54 Å². The Labute approximate surface area is 236 Å². The van der Waals surface area contributed by atoms with Gasteiger partial charge in [0.1, 0.15) is 5.82 Å². The maximum Gasteiger partial charge on any atom is 0.438 e. The molecule has 0 radical (unpaired) electrons. The molecule has 3 aromatic rings. The molecule has 0 unspecified atom stereocenters. The molecule has 3 aromatic heterocycles. The minimum atomic E-state index is -0.605. The molecule has 0 saturated heterocycles. The maximum absolute atomic E-state index is 13.6. The topological polar surface area (TPSA) is 119 Å². The zero-order chi connectivity index (χ0) is 28.9. The second-order valence-electron chi connectivity index (χ2n) is 13.9. The fraction of sp³-hybridized carbons (Fsp3) is 0.645. The fourth-order valence-electron chi connectivity index (χ4n) is 5.60. The minimum Gasteiger partial charge on any atom is -0.351 e. The zero-order valence-corrected chi connectivity index (χ0v) is 25.1. The molecule has 2 fully saturated rings. The number of hydrogen-bond acceptors (Lipinski definition) is 6. The summed E-state index contributed by atoms with van der Waals surface area (Å²) in [6.45, 7) is 15.8. The van der Waals surface area contributed by atoms with Gasteiger partial charge >= 0.3 is 5.76 Å². The first-order chi connectivity index (χ1) is 18.8. The lowest BCUT2D eigenvalue weighted by molar-refractivity contribution is 0.0944. The van der Waals surface area contributed by atoms with Gasteiger partial charge < -0.3 is 9.88 Å². The summed E-state index contributed by atoms with van der Waals surface area (Å²) in [4.78, 5) is 37.9. The lowest BCUT2D eigenvalue weighted by Gasteiger charge is -2.25. The Morgan fingerprint density at radius 2 is 1.82 bits per heavy atom. The van der Waals surface area contributed by atoms with Crippen LogP contribution >= 0.6 is 0 Å². The molecule has 40 heavy (non-hydrogen) atoms. The van der Waals surface area contributed by atoms with E-state index in [-0.39, 0.29) is 16.7 Å². The number of aromatic nitrogens is 5.